The smallest absolute Gasteiger partial charge is 0.117 e. The van der Waals surface area contributed by atoms with E-state index in [4.69, 9.17) is 15.5 Å². The van der Waals surface area contributed by atoms with Gasteiger partial charge < -0.3 is 15.0 Å². The van der Waals surface area contributed by atoms with Gasteiger partial charge in [0.2, 0.25) is 0 Å². The largest absolute Gasteiger partial charge is 0.379 e. The van der Waals surface area contributed by atoms with Gasteiger partial charge in [-0.25, -0.2) is 4.98 Å². The van der Waals surface area contributed by atoms with Crippen LogP contribution in [-0.2, 0) is 4.74 Å². The van der Waals surface area contributed by atoms with Crippen molar-refractivity contribution in [3.8, 4) is 0 Å². The summed E-state index contributed by atoms with van der Waals surface area (Å²) in [5, 5.41) is 0. The number of fused-ring (bicyclic) bond motifs is 1. The highest BCUT2D eigenvalue weighted by Gasteiger charge is 2.35. The average molecular weight is 257 g/mol. The maximum absolute atomic E-state index is 6.17. The highest BCUT2D eigenvalue weighted by atomic mass is 16.5. The van der Waals surface area contributed by atoms with Crippen molar-refractivity contribution in [2.75, 3.05) is 13.2 Å². The lowest BCUT2D eigenvalue weighted by Crippen LogP contribution is -2.28. The van der Waals surface area contributed by atoms with Crippen molar-refractivity contribution < 1.29 is 4.74 Å². The molecule has 0 amide bonds. The molecule has 2 aromatic rings. The second-order valence-electron chi connectivity index (χ2n) is 5.87. The summed E-state index contributed by atoms with van der Waals surface area (Å²) in [5.41, 5.74) is 9.78. The molecule has 1 aliphatic heterocycles. The zero-order valence-electron chi connectivity index (χ0n) is 11.2. The Morgan fingerprint density at radius 3 is 2.84 bits per heavy atom. The Kier molecular flexibility index (Phi) is 2.44. The number of hydrogen-bond donors (Lipinski definition) is 1. The quantitative estimate of drug-likeness (QED) is 0.896. The third kappa shape index (κ3) is 1.78. The van der Waals surface area contributed by atoms with Crippen molar-refractivity contribution in [3.63, 3.8) is 0 Å². The van der Waals surface area contributed by atoms with Gasteiger partial charge in [-0.3, -0.25) is 0 Å². The minimum absolute atomic E-state index is 0.0791. The molecular formula is C15H19N3O. The SMILES string of the molecule is Cc1ccc2c(c1)nc(C1COCC1N)n2C1CC1. The molecule has 2 atom stereocenters. The zero-order chi connectivity index (χ0) is 13.0. The first-order valence-corrected chi connectivity index (χ1v) is 7.06. The molecule has 1 aromatic carbocycles. The minimum Gasteiger partial charge on any atom is -0.379 e. The lowest BCUT2D eigenvalue weighted by Gasteiger charge is -2.15. The molecular weight excluding hydrogens is 238 g/mol. The molecule has 2 aliphatic rings. The molecule has 2 heterocycles. The van der Waals surface area contributed by atoms with Crippen LogP contribution in [0.4, 0.5) is 0 Å². The summed E-state index contributed by atoms with van der Waals surface area (Å²) in [5.74, 6) is 1.38. The highest BCUT2D eigenvalue weighted by Crippen LogP contribution is 2.41. The van der Waals surface area contributed by atoms with Crippen molar-refractivity contribution in [1.29, 1.82) is 0 Å². The van der Waals surface area contributed by atoms with E-state index in [1.165, 1.54) is 23.9 Å². The third-order valence-corrected chi connectivity index (χ3v) is 4.24. The van der Waals surface area contributed by atoms with Crippen LogP contribution in [0.1, 0.15) is 36.2 Å². The number of hydrogen-bond acceptors (Lipinski definition) is 3. The van der Waals surface area contributed by atoms with Gasteiger partial charge in [-0.05, 0) is 37.5 Å². The van der Waals surface area contributed by atoms with Crippen molar-refractivity contribution in [2.24, 2.45) is 5.73 Å². The second-order valence-corrected chi connectivity index (χ2v) is 5.87. The molecule has 1 saturated carbocycles. The van der Waals surface area contributed by atoms with E-state index in [1.807, 2.05) is 0 Å². The molecule has 0 radical (unpaired) electrons. The van der Waals surface area contributed by atoms with Gasteiger partial charge in [-0.15, -0.1) is 0 Å². The zero-order valence-corrected chi connectivity index (χ0v) is 11.2. The molecule has 4 rings (SSSR count). The third-order valence-electron chi connectivity index (χ3n) is 4.24. The van der Waals surface area contributed by atoms with Gasteiger partial charge >= 0.3 is 0 Å². The van der Waals surface area contributed by atoms with Crippen LogP contribution < -0.4 is 5.73 Å². The second kappa shape index (κ2) is 4.05. The number of ether oxygens (including phenoxy) is 1. The molecule has 2 fully saturated rings. The summed E-state index contributed by atoms with van der Waals surface area (Å²) in [6.45, 7) is 3.47. The number of aromatic nitrogens is 2. The summed E-state index contributed by atoms with van der Waals surface area (Å²) in [6, 6.07) is 7.23. The molecule has 4 heteroatoms. The highest BCUT2D eigenvalue weighted by molar-refractivity contribution is 5.77. The Bertz CT molecular complexity index is 630. The Morgan fingerprint density at radius 1 is 1.32 bits per heavy atom. The van der Waals surface area contributed by atoms with Crippen LogP contribution in [0.25, 0.3) is 11.0 Å². The summed E-state index contributed by atoms with van der Waals surface area (Å²) in [6.07, 6.45) is 2.52. The number of benzene rings is 1. The molecule has 2 unspecified atom stereocenters. The van der Waals surface area contributed by atoms with Crippen LogP contribution in [0, 0.1) is 6.92 Å². The molecule has 0 bridgehead atoms. The summed E-state index contributed by atoms with van der Waals surface area (Å²) in [7, 11) is 0. The van der Waals surface area contributed by atoms with E-state index in [1.54, 1.807) is 0 Å². The average Bonchev–Trinajstić information content (AvgIpc) is 3.03. The van der Waals surface area contributed by atoms with Crippen LogP contribution in [0.3, 0.4) is 0 Å². The van der Waals surface area contributed by atoms with Gasteiger partial charge in [0.1, 0.15) is 5.82 Å². The maximum Gasteiger partial charge on any atom is 0.117 e. The summed E-state index contributed by atoms with van der Waals surface area (Å²) in [4.78, 5) is 4.87. The van der Waals surface area contributed by atoms with Crippen molar-refractivity contribution >= 4 is 11.0 Å². The Morgan fingerprint density at radius 2 is 2.16 bits per heavy atom. The van der Waals surface area contributed by atoms with Gasteiger partial charge in [0.05, 0.1) is 30.2 Å². The van der Waals surface area contributed by atoms with Crippen molar-refractivity contribution in [3.05, 3.63) is 29.6 Å². The van der Waals surface area contributed by atoms with Crippen LogP contribution in [-0.4, -0.2) is 28.8 Å². The fraction of sp³-hybridized carbons (Fsp3) is 0.533. The monoisotopic (exact) mass is 257 g/mol. The molecule has 2 N–H and O–H groups in total. The topological polar surface area (TPSA) is 53.1 Å². The first-order chi connectivity index (χ1) is 9.24. The molecule has 1 aliphatic carbocycles. The predicted octanol–water partition coefficient (Wildman–Crippen LogP) is 2.12. The van der Waals surface area contributed by atoms with Crippen LogP contribution >= 0.6 is 0 Å². The number of aryl methyl sites for hydroxylation is 1. The predicted molar refractivity (Wildman–Crippen MR) is 74.3 cm³/mol. The molecule has 0 spiro atoms. The maximum atomic E-state index is 6.17. The van der Waals surface area contributed by atoms with E-state index in [0.717, 1.165) is 11.3 Å². The van der Waals surface area contributed by atoms with E-state index >= 15 is 0 Å². The molecule has 19 heavy (non-hydrogen) atoms. The first kappa shape index (κ1) is 11.4. The minimum atomic E-state index is 0.0791. The Labute approximate surface area is 112 Å². The van der Waals surface area contributed by atoms with Crippen molar-refractivity contribution in [2.45, 2.75) is 37.8 Å². The number of imidazole rings is 1. The fourth-order valence-corrected chi connectivity index (χ4v) is 3.04. The van der Waals surface area contributed by atoms with E-state index in [9.17, 15) is 0 Å². The fourth-order valence-electron chi connectivity index (χ4n) is 3.04. The van der Waals surface area contributed by atoms with Gasteiger partial charge in [-0.1, -0.05) is 6.07 Å². The van der Waals surface area contributed by atoms with Crippen LogP contribution in [0.5, 0.6) is 0 Å². The Balaban J connectivity index is 1.91. The van der Waals surface area contributed by atoms with Gasteiger partial charge in [-0.2, -0.15) is 0 Å². The van der Waals surface area contributed by atoms with Gasteiger partial charge in [0.15, 0.2) is 0 Å². The standard InChI is InChI=1S/C15H19N3O/c1-9-2-5-14-13(6-9)17-15(18(14)10-3-4-10)11-7-19-8-12(11)16/h2,5-6,10-12H,3-4,7-8,16H2,1H3. The van der Waals surface area contributed by atoms with E-state index in [-0.39, 0.29) is 12.0 Å². The van der Waals surface area contributed by atoms with Gasteiger partial charge in [0.25, 0.3) is 0 Å². The normalized spacial score (nSPS) is 27.3. The van der Waals surface area contributed by atoms with Crippen LogP contribution in [0.2, 0.25) is 0 Å². The van der Waals surface area contributed by atoms with E-state index in [2.05, 4.69) is 29.7 Å². The number of rotatable bonds is 2. The van der Waals surface area contributed by atoms with E-state index < -0.39 is 0 Å². The lowest BCUT2D eigenvalue weighted by molar-refractivity contribution is 0.190. The van der Waals surface area contributed by atoms with Gasteiger partial charge in [0, 0.05) is 12.1 Å². The molecule has 1 saturated heterocycles. The molecule has 1 aromatic heterocycles. The first-order valence-electron chi connectivity index (χ1n) is 7.06. The number of nitrogens with two attached hydrogens (primary N) is 1. The number of nitrogens with zero attached hydrogens (tertiary/aromatic N) is 2. The molecule has 100 valence electrons. The summed E-state index contributed by atoms with van der Waals surface area (Å²) < 4.78 is 7.93. The van der Waals surface area contributed by atoms with E-state index in [0.29, 0.717) is 19.3 Å². The Hall–Kier alpha value is -1.39. The summed E-state index contributed by atoms with van der Waals surface area (Å²) >= 11 is 0. The van der Waals surface area contributed by atoms with Crippen LogP contribution in [0.15, 0.2) is 18.2 Å². The lowest BCUT2D eigenvalue weighted by atomic mass is 10.0. The molecule has 4 nitrogen and oxygen atoms in total. The van der Waals surface area contributed by atoms with Crippen molar-refractivity contribution in [1.82, 2.24) is 9.55 Å².